The number of benzene rings is 3. The van der Waals surface area contributed by atoms with Gasteiger partial charge in [0.1, 0.15) is 0 Å². The monoisotopic (exact) mass is 543 g/mol. The van der Waals surface area contributed by atoms with Crippen molar-refractivity contribution in [2.45, 2.75) is 32.1 Å². The summed E-state index contributed by atoms with van der Waals surface area (Å²) >= 11 is 12.1. The molecule has 5 rings (SSSR count). The van der Waals surface area contributed by atoms with Crippen molar-refractivity contribution in [1.29, 1.82) is 0 Å². The number of aromatic nitrogens is 1. The smallest absolute Gasteiger partial charge is 0.228 e. The van der Waals surface area contributed by atoms with E-state index in [1.165, 1.54) is 10.4 Å². The van der Waals surface area contributed by atoms with E-state index in [4.69, 9.17) is 23.2 Å². The number of rotatable bonds is 6. The number of hydrogen-bond acceptors (Lipinski definition) is 3. The van der Waals surface area contributed by atoms with Crippen LogP contribution in [-0.4, -0.2) is 36.3 Å². The Balaban J connectivity index is 1.33. The number of aryl methyl sites for hydroxylation is 1. The van der Waals surface area contributed by atoms with Gasteiger partial charge < -0.3 is 9.88 Å². The molecule has 1 amide bonds. The van der Waals surface area contributed by atoms with Gasteiger partial charge in [0.25, 0.3) is 0 Å². The van der Waals surface area contributed by atoms with Crippen LogP contribution >= 0.6 is 23.2 Å². The van der Waals surface area contributed by atoms with Crippen molar-refractivity contribution in [3.05, 3.63) is 76.3 Å². The number of nitrogens with zero attached hydrogens (tertiary/aromatic N) is 2. The van der Waals surface area contributed by atoms with Crippen LogP contribution < -0.4 is 5.32 Å². The first-order valence-electron chi connectivity index (χ1n) is 12.0. The normalized spacial score (nSPS) is 17.0. The zero-order valence-corrected chi connectivity index (χ0v) is 22.2. The molecule has 6 nitrogen and oxygen atoms in total. The van der Waals surface area contributed by atoms with Crippen LogP contribution in [0.15, 0.2) is 60.7 Å². The van der Waals surface area contributed by atoms with Crippen LogP contribution in [0.3, 0.4) is 0 Å². The molecule has 1 aliphatic heterocycles. The molecule has 0 unspecified atom stereocenters. The first-order chi connectivity index (χ1) is 17.3. The largest absolute Gasteiger partial charge is 0.341 e. The van der Waals surface area contributed by atoms with Gasteiger partial charge in [-0.25, -0.2) is 12.7 Å². The molecular weight excluding hydrogens is 517 g/mol. The number of amides is 1. The van der Waals surface area contributed by atoms with Crippen molar-refractivity contribution in [3.63, 3.8) is 0 Å². The SMILES string of the molecule is CCn1c2ccccc2c2cc(NC(=O)[C@H]3CCCN(S(=O)(=O)Cc4ccc(Cl)cc4Cl)C3)ccc21. The van der Waals surface area contributed by atoms with E-state index in [9.17, 15) is 13.2 Å². The Morgan fingerprint density at radius 2 is 1.81 bits per heavy atom. The number of anilines is 1. The lowest BCUT2D eigenvalue weighted by atomic mass is 9.98. The number of piperidine rings is 1. The highest BCUT2D eigenvalue weighted by atomic mass is 35.5. The summed E-state index contributed by atoms with van der Waals surface area (Å²) in [6.07, 6.45) is 1.26. The van der Waals surface area contributed by atoms with E-state index >= 15 is 0 Å². The van der Waals surface area contributed by atoms with Crippen LogP contribution in [0.4, 0.5) is 5.69 Å². The quantitative estimate of drug-likeness (QED) is 0.310. The fourth-order valence-corrected chi connectivity index (χ4v) is 7.25. The molecule has 1 saturated heterocycles. The predicted molar refractivity (Wildman–Crippen MR) is 147 cm³/mol. The summed E-state index contributed by atoms with van der Waals surface area (Å²) < 4.78 is 29.9. The molecule has 0 bridgehead atoms. The molecule has 9 heteroatoms. The highest BCUT2D eigenvalue weighted by Gasteiger charge is 2.33. The first kappa shape index (κ1) is 25.1. The van der Waals surface area contributed by atoms with Crippen LogP contribution in [0.25, 0.3) is 21.8 Å². The minimum absolute atomic E-state index is 0.150. The van der Waals surface area contributed by atoms with E-state index in [0.717, 1.165) is 28.4 Å². The van der Waals surface area contributed by atoms with E-state index in [2.05, 4.69) is 28.9 Å². The number of nitrogens with one attached hydrogen (secondary N) is 1. The maximum absolute atomic E-state index is 13.2. The van der Waals surface area contributed by atoms with Gasteiger partial charge in [-0.3, -0.25) is 4.79 Å². The number of halogens is 2. The Morgan fingerprint density at radius 3 is 2.58 bits per heavy atom. The van der Waals surface area contributed by atoms with Gasteiger partial charge in [0.05, 0.1) is 11.7 Å². The molecule has 4 aromatic rings. The fraction of sp³-hybridized carbons (Fsp3) is 0.296. The van der Waals surface area contributed by atoms with Gasteiger partial charge in [-0.1, -0.05) is 47.5 Å². The Labute approximate surface area is 220 Å². The van der Waals surface area contributed by atoms with E-state index in [-0.39, 0.29) is 18.2 Å². The average Bonchev–Trinajstić information content (AvgIpc) is 3.19. The van der Waals surface area contributed by atoms with E-state index < -0.39 is 15.9 Å². The zero-order chi connectivity index (χ0) is 25.4. The number of carbonyl (C=O) groups is 1. The molecule has 1 atom stereocenters. The van der Waals surface area contributed by atoms with Gasteiger partial charge in [0.2, 0.25) is 15.9 Å². The van der Waals surface area contributed by atoms with Crippen molar-refractivity contribution in [3.8, 4) is 0 Å². The van der Waals surface area contributed by atoms with Gasteiger partial charge >= 0.3 is 0 Å². The van der Waals surface area contributed by atoms with Gasteiger partial charge in [-0.2, -0.15) is 0 Å². The lowest BCUT2D eigenvalue weighted by Gasteiger charge is -2.31. The third-order valence-electron chi connectivity index (χ3n) is 6.86. The molecule has 188 valence electrons. The molecule has 3 aromatic carbocycles. The summed E-state index contributed by atoms with van der Waals surface area (Å²) in [6, 6.07) is 19.0. The number of hydrogen-bond donors (Lipinski definition) is 1. The van der Waals surface area contributed by atoms with Crippen LogP contribution in [0.5, 0.6) is 0 Å². The Hall–Kier alpha value is -2.58. The van der Waals surface area contributed by atoms with E-state index in [1.807, 2.05) is 30.3 Å². The molecule has 0 aliphatic carbocycles. The van der Waals surface area contributed by atoms with Crippen molar-refractivity contribution >= 4 is 66.6 Å². The van der Waals surface area contributed by atoms with Crippen LogP contribution in [0, 0.1) is 5.92 Å². The minimum Gasteiger partial charge on any atom is -0.341 e. The maximum atomic E-state index is 13.2. The lowest BCUT2D eigenvalue weighted by Crippen LogP contribution is -2.44. The topological polar surface area (TPSA) is 71.4 Å². The van der Waals surface area contributed by atoms with Crippen LogP contribution in [0.1, 0.15) is 25.3 Å². The summed E-state index contributed by atoms with van der Waals surface area (Å²) in [5, 5.41) is 6.02. The Bertz CT molecular complexity index is 1570. The second kappa shape index (κ2) is 10.1. The molecule has 1 fully saturated rings. The number of carbonyl (C=O) groups excluding carboxylic acids is 1. The molecule has 0 saturated carbocycles. The summed E-state index contributed by atoms with van der Waals surface area (Å²) in [7, 11) is -3.64. The summed E-state index contributed by atoms with van der Waals surface area (Å²) in [5.74, 6) is -0.824. The van der Waals surface area contributed by atoms with Crippen molar-refractivity contribution in [2.24, 2.45) is 5.92 Å². The van der Waals surface area contributed by atoms with Crippen molar-refractivity contribution in [2.75, 3.05) is 18.4 Å². The number of para-hydroxylation sites is 1. The molecule has 1 N–H and O–H groups in total. The third-order valence-corrected chi connectivity index (χ3v) is 9.24. The zero-order valence-electron chi connectivity index (χ0n) is 19.9. The Kier molecular flexibility index (Phi) is 7.01. The summed E-state index contributed by atoms with van der Waals surface area (Å²) in [6.45, 7) is 3.51. The van der Waals surface area contributed by atoms with Crippen molar-refractivity contribution < 1.29 is 13.2 Å². The van der Waals surface area contributed by atoms with E-state index in [1.54, 1.807) is 12.1 Å². The van der Waals surface area contributed by atoms with Gasteiger partial charge in [0, 0.05) is 57.2 Å². The molecular formula is C27H27Cl2N3O3S. The highest BCUT2D eigenvalue weighted by Crippen LogP contribution is 2.32. The molecule has 0 spiro atoms. The molecule has 2 heterocycles. The van der Waals surface area contributed by atoms with E-state index in [0.29, 0.717) is 40.7 Å². The molecule has 0 radical (unpaired) electrons. The number of sulfonamides is 1. The third kappa shape index (κ3) is 4.85. The minimum atomic E-state index is -3.64. The second-order valence-corrected chi connectivity index (χ2v) is 12.0. The van der Waals surface area contributed by atoms with Crippen molar-refractivity contribution in [1.82, 2.24) is 8.87 Å². The average molecular weight is 545 g/mol. The van der Waals surface area contributed by atoms with Gasteiger partial charge in [-0.05, 0) is 61.7 Å². The standard InChI is InChI=1S/C27H27Cl2N3O3S/c1-2-32-25-8-4-3-7-22(25)23-15-21(11-12-26(23)32)30-27(33)18-6-5-13-31(16-18)36(34,35)17-19-9-10-20(28)14-24(19)29/h3-4,7-12,14-15,18H,2,5-6,13,16-17H2,1H3,(H,30,33)/t18-/m0/s1. The summed E-state index contributed by atoms with van der Waals surface area (Å²) in [4.78, 5) is 13.2. The van der Waals surface area contributed by atoms with Crippen LogP contribution in [-0.2, 0) is 27.1 Å². The fourth-order valence-electron chi connectivity index (χ4n) is 5.05. The van der Waals surface area contributed by atoms with Gasteiger partial charge in [-0.15, -0.1) is 0 Å². The second-order valence-electron chi connectivity index (χ2n) is 9.17. The summed E-state index contributed by atoms with van der Waals surface area (Å²) in [5.41, 5.74) is 3.48. The molecule has 1 aliphatic rings. The lowest BCUT2D eigenvalue weighted by molar-refractivity contribution is -0.120. The molecule has 1 aromatic heterocycles. The van der Waals surface area contributed by atoms with Crippen LogP contribution in [0.2, 0.25) is 10.0 Å². The first-order valence-corrected chi connectivity index (χ1v) is 14.4. The number of fused-ring (bicyclic) bond motifs is 3. The highest BCUT2D eigenvalue weighted by molar-refractivity contribution is 7.88. The predicted octanol–water partition coefficient (Wildman–Crippen LogP) is 6.30. The Morgan fingerprint density at radius 1 is 1.03 bits per heavy atom. The molecule has 36 heavy (non-hydrogen) atoms. The maximum Gasteiger partial charge on any atom is 0.228 e. The van der Waals surface area contributed by atoms with Gasteiger partial charge in [0.15, 0.2) is 0 Å².